The molecule has 3 heteroatoms. The van der Waals surface area contributed by atoms with E-state index in [-0.39, 0.29) is 0 Å². The maximum Gasteiger partial charge on any atom is 0.0646 e. The first-order valence-corrected chi connectivity index (χ1v) is 6.54. The Morgan fingerprint density at radius 3 is 3.00 bits per heavy atom. The first-order valence-electron chi connectivity index (χ1n) is 6.54. The van der Waals surface area contributed by atoms with E-state index in [1.165, 1.54) is 38.9 Å². The average Bonchev–Trinajstić information content (AvgIpc) is 2.83. The highest BCUT2D eigenvalue weighted by Crippen LogP contribution is 2.39. The van der Waals surface area contributed by atoms with E-state index >= 15 is 0 Å². The molecular formula is C13H21N3. The molecule has 3 atom stereocenters. The van der Waals surface area contributed by atoms with Gasteiger partial charge in [0.15, 0.2) is 0 Å². The summed E-state index contributed by atoms with van der Waals surface area (Å²) in [7, 11) is 0. The van der Waals surface area contributed by atoms with Crippen molar-refractivity contribution < 1.29 is 0 Å². The van der Waals surface area contributed by atoms with Crippen molar-refractivity contribution in [2.24, 2.45) is 11.8 Å². The van der Waals surface area contributed by atoms with E-state index in [0.29, 0.717) is 6.04 Å². The van der Waals surface area contributed by atoms with Crippen molar-refractivity contribution in [2.45, 2.75) is 32.2 Å². The van der Waals surface area contributed by atoms with E-state index in [9.17, 15) is 0 Å². The van der Waals surface area contributed by atoms with Crippen LogP contribution in [0, 0.1) is 11.8 Å². The number of hydrogen-bond acceptors (Lipinski definition) is 2. The number of rotatable bonds is 3. The Morgan fingerprint density at radius 2 is 2.31 bits per heavy atom. The largest absolute Gasteiger partial charge is 0.301 e. The van der Waals surface area contributed by atoms with E-state index in [0.717, 1.165) is 11.8 Å². The van der Waals surface area contributed by atoms with Gasteiger partial charge >= 0.3 is 0 Å². The van der Waals surface area contributed by atoms with Crippen molar-refractivity contribution >= 4 is 0 Å². The summed E-state index contributed by atoms with van der Waals surface area (Å²) in [5.41, 5.74) is 0. The Hall–Kier alpha value is -0.830. The third-order valence-electron chi connectivity index (χ3n) is 4.15. The van der Waals surface area contributed by atoms with Crippen LogP contribution in [0.2, 0.25) is 0 Å². The third-order valence-corrected chi connectivity index (χ3v) is 4.15. The standard InChI is InChI=1S/C13H21N3/c1-11-8-12(11)9-15-6-2-4-13(10-15)16-7-3-5-14-16/h3,5,7,11-13H,2,4,6,8-10H2,1H3/t11-,12-,13-/m1/s1. The van der Waals surface area contributed by atoms with Crippen molar-refractivity contribution in [1.29, 1.82) is 0 Å². The molecule has 0 unspecified atom stereocenters. The van der Waals surface area contributed by atoms with Crippen molar-refractivity contribution in [3.8, 4) is 0 Å². The summed E-state index contributed by atoms with van der Waals surface area (Å²) in [6.45, 7) is 6.18. The highest BCUT2D eigenvalue weighted by atomic mass is 15.3. The average molecular weight is 219 g/mol. The Kier molecular flexibility index (Phi) is 2.72. The minimum Gasteiger partial charge on any atom is -0.301 e. The SMILES string of the molecule is C[C@@H]1C[C@@H]1CN1CCC[C@@H](n2cccn2)C1. The molecule has 1 aromatic heterocycles. The molecule has 0 N–H and O–H groups in total. The van der Waals surface area contributed by atoms with Gasteiger partial charge in [0.2, 0.25) is 0 Å². The van der Waals surface area contributed by atoms with Crippen LogP contribution in [0.25, 0.3) is 0 Å². The molecule has 1 saturated carbocycles. The summed E-state index contributed by atoms with van der Waals surface area (Å²) < 4.78 is 2.14. The molecule has 3 rings (SSSR count). The summed E-state index contributed by atoms with van der Waals surface area (Å²) in [5.74, 6) is 1.96. The number of hydrogen-bond donors (Lipinski definition) is 0. The van der Waals surface area contributed by atoms with Crippen molar-refractivity contribution in [3.05, 3.63) is 18.5 Å². The van der Waals surface area contributed by atoms with Crippen LogP contribution in [0.5, 0.6) is 0 Å². The highest BCUT2D eigenvalue weighted by Gasteiger charge is 2.35. The first kappa shape index (κ1) is 10.3. The van der Waals surface area contributed by atoms with Crippen LogP contribution in [-0.4, -0.2) is 34.3 Å². The van der Waals surface area contributed by atoms with Crippen LogP contribution in [0.1, 0.15) is 32.2 Å². The molecule has 0 aromatic carbocycles. The molecule has 3 nitrogen and oxygen atoms in total. The second-order valence-corrected chi connectivity index (χ2v) is 5.51. The maximum atomic E-state index is 4.37. The fourth-order valence-electron chi connectivity index (χ4n) is 2.89. The fourth-order valence-corrected chi connectivity index (χ4v) is 2.89. The van der Waals surface area contributed by atoms with Crippen LogP contribution in [-0.2, 0) is 0 Å². The molecule has 88 valence electrons. The molecule has 0 spiro atoms. The predicted molar refractivity (Wildman–Crippen MR) is 64.2 cm³/mol. The zero-order valence-electron chi connectivity index (χ0n) is 10.0. The summed E-state index contributed by atoms with van der Waals surface area (Å²) in [6, 6.07) is 2.64. The van der Waals surface area contributed by atoms with E-state index < -0.39 is 0 Å². The van der Waals surface area contributed by atoms with Gasteiger partial charge in [-0.2, -0.15) is 5.10 Å². The maximum absolute atomic E-state index is 4.37. The summed E-state index contributed by atoms with van der Waals surface area (Å²) >= 11 is 0. The van der Waals surface area contributed by atoms with Gasteiger partial charge in [-0.15, -0.1) is 0 Å². The lowest BCUT2D eigenvalue weighted by Gasteiger charge is -2.32. The molecule has 2 fully saturated rings. The second kappa shape index (κ2) is 4.21. The van der Waals surface area contributed by atoms with Gasteiger partial charge in [-0.25, -0.2) is 0 Å². The minimum atomic E-state index is 0.609. The summed E-state index contributed by atoms with van der Waals surface area (Å²) in [4.78, 5) is 2.64. The van der Waals surface area contributed by atoms with Crippen LogP contribution in [0.15, 0.2) is 18.5 Å². The Labute approximate surface area is 97.4 Å². The molecule has 1 aliphatic heterocycles. The highest BCUT2D eigenvalue weighted by molar-refractivity contribution is 4.89. The van der Waals surface area contributed by atoms with E-state index in [1.54, 1.807) is 0 Å². The van der Waals surface area contributed by atoms with Gasteiger partial charge in [0.1, 0.15) is 0 Å². The van der Waals surface area contributed by atoms with Crippen LogP contribution >= 0.6 is 0 Å². The molecule has 2 aliphatic rings. The van der Waals surface area contributed by atoms with Crippen LogP contribution < -0.4 is 0 Å². The van der Waals surface area contributed by atoms with Crippen molar-refractivity contribution in [2.75, 3.05) is 19.6 Å². The van der Waals surface area contributed by atoms with E-state index in [2.05, 4.69) is 27.8 Å². The molecule has 1 saturated heterocycles. The Morgan fingerprint density at radius 1 is 1.44 bits per heavy atom. The van der Waals surface area contributed by atoms with Gasteiger partial charge in [-0.3, -0.25) is 4.68 Å². The lowest BCUT2D eigenvalue weighted by atomic mass is 10.1. The predicted octanol–water partition coefficient (Wildman–Crippen LogP) is 2.18. The number of aromatic nitrogens is 2. The van der Waals surface area contributed by atoms with Crippen molar-refractivity contribution in [1.82, 2.24) is 14.7 Å². The normalized spacial score (nSPS) is 35.2. The molecule has 0 radical (unpaired) electrons. The van der Waals surface area contributed by atoms with Gasteiger partial charge in [0.05, 0.1) is 6.04 Å². The second-order valence-electron chi connectivity index (χ2n) is 5.51. The number of piperidine rings is 1. The van der Waals surface area contributed by atoms with Crippen LogP contribution in [0.4, 0.5) is 0 Å². The van der Waals surface area contributed by atoms with Gasteiger partial charge < -0.3 is 4.90 Å². The zero-order chi connectivity index (χ0) is 11.0. The monoisotopic (exact) mass is 219 g/mol. The van der Waals surface area contributed by atoms with Crippen molar-refractivity contribution in [3.63, 3.8) is 0 Å². The smallest absolute Gasteiger partial charge is 0.0646 e. The third kappa shape index (κ3) is 2.14. The number of nitrogens with zero attached hydrogens (tertiary/aromatic N) is 3. The molecule has 1 aliphatic carbocycles. The minimum absolute atomic E-state index is 0.609. The van der Waals surface area contributed by atoms with E-state index in [4.69, 9.17) is 0 Å². The van der Waals surface area contributed by atoms with Gasteiger partial charge in [0.25, 0.3) is 0 Å². The molecule has 1 aromatic rings. The Bertz CT molecular complexity index is 333. The Balaban J connectivity index is 1.57. The summed E-state index contributed by atoms with van der Waals surface area (Å²) in [5, 5.41) is 4.37. The fraction of sp³-hybridized carbons (Fsp3) is 0.769. The molecule has 16 heavy (non-hydrogen) atoms. The quantitative estimate of drug-likeness (QED) is 0.777. The van der Waals surface area contributed by atoms with Gasteiger partial charge in [0, 0.05) is 25.5 Å². The number of likely N-dealkylation sites (tertiary alicyclic amines) is 1. The zero-order valence-corrected chi connectivity index (χ0v) is 10.0. The van der Waals surface area contributed by atoms with Gasteiger partial charge in [-0.05, 0) is 43.7 Å². The topological polar surface area (TPSA) is 21.1 Å². The summed E-state index contributed by atoms with van der Waals surface area (Å²) in [6.07, 6.45) is 8.06. The lowest BCUT2D eigenvalue weighted by Crippen LogP contribution is -2.38. The molecular weight excluding hydrogens is 198 g/mol. The van der Waals surface area contributed by atoms with Gasteiger partial charge in [-0.1, -0.05) is 6.92 Å². The van der Waals surface area contributed by atoms with Crippen LogP contribution in [0.3, 0.4) is 0 Å². The molecule has 0 bridgehead atoms. The first-order chi connectivity index (χ1) is 7.83. The lowest BCUT2D eigenvalue weighted by molar-refractivity contribution is 0.162. The van der Waals surface area contributed by atoms with E-state index in [1.807, 2.05) is 12.3 Å². The molecule has 0 amide bonds. The molecule has 2 heterocycles.